The summed E-state index contributed by atoms with van der Waals surface area (Å²) in [6.07, 6.45) is 1.91. The predicted octanol–water partition coefficient (Wildman–Crippen LogP) is 2.10. The molecule has 0 aromatic carbocycles. The fourth-order valence-corrected chi connectivity index (χ4v) is 2.16. The largest absolute Gasteiger partial charge is 0.303 e. The Balaban J connectivity index is 2.55. The number of halogens is 2. The van der Waals surface area contributed by atoms with Gasteiger partial charge in [-0.3, -0.25) is 0 Å². The molecule has 1 aliphatic carbocycles. The highest BCUT2D eigenvalue weighted by atomic mass is 35.5. The van der Waals surface area contributed by atoms with Crippen LogP contribution in [0.4, 0.5) is 4.39 Å². The van der Waals surface area contributed by atoms with Crippen LogP contribution in [-0.4, -0.2) is 11.3 Å². The van der Waals surface area contributed by atoms with Crippen LogP contribution in [-0.2, 0) is 17.6 Å². The van der Waals surface area contributed by atoms with Gasteiger partial charge < -0.3 is 4.79 Å². The normalized spacial score (nSPS) is 19.5. The van der Waals surface area contributed by atoms with Gasteiger partial charge in [-0.15, -0.1) is 0 Å². The van der Waals surface area contributed by atoms with Crippen molar-refractivity contribution in [2.75, 3.05) is 0 Å². The number of aldehydes is 1. The first kappa shape index (κ1) is 9.59. The fraction of sp³-hybridized carbons (Fsp3) is 0.400. The molecule has 1 aromatic rings. The Bertz CT molecular complexity index is 406. The van der Waals surface area contributed by atoms with E-state index in [2.05, 4.69) is 4.98 Å². The lowest BCUT2D eigenvalue weighted by Crippen LogP contribution is -1.99. The summed E-state index contributed by atoms with van der Waals surface area (Å²) in [6, 6.07) is 0. The number of hydrogen-bond acceptors (Lipinski definition) is 2. The van der Waals surface area contributed by atoms with Crippen LogP contribution in [0.5, 0.6) is 0 Å². The van der Waals surface area contributed by atoms with E-state index in [0.29, 0.717) is 18.4 Å². The van der Waals surface area contributed by atoms with E-state index in [4.69, 9.17) is 11.6 Å². The van der Waals surface area contributed by atoms with Gasteiger partial charge >= 0.3 is 0 Å². The second-order valence-corrected chi connectivity index (χ2v) is 3.92. The number of carbonyl (C=O) groups is 1. The van der Waals surface area contributed by atoms with Crippen molar-refractivity contribution < 1.29 is 9.18 Å². The van der Waals surface area contributed by atoms with Gasteiger partial charge in [0.1, 0.15) is 6.29 Å². The molecule has 14 heavy (non-hydrogen) atoms. The zero-order valence-corrected chi connectivity index (χ0v) is 8.44. The maximum absolute atomic E-state index is 13.5. The lowest BCUT2D eigenvalue weighted by atomic mass is 10.1. The van der Waals surface area contributed by atoms with Crippen molar-refractivity contribution in [2.45, 2.75) is 19.8 Å². The Morgan fingerprint density at radius 1 is 1.50 bits per heavy atom. The molecule has 0 amide bonds. The summed E-state index contributed by atoms with van der Waals surface area (Å²) >= 11 is 5.61. The molecule has 0 bridgehead atoms. The topological polar surface area (TPSA) is 30.0 Å². The third-order valence-corrected chi connectivity index (χ3v) is 2.89. The average Bonchev–Trinajstić information content (AvgIpc) is 2.58. The van der Waals surface area contributed by atoms with Crippen LogP contribution in [0.25, 0.3) is 0 Å². The molecule has 74 valence electrons. The Morgan fingerprint density at radius 2 is 2.14 bits per heavy atom. The monoisotopic (exact) mass is 213 g/mol. The summed E-state index contributed by atoms with van der Waals surface area (Å²) in [7, 11) is 0. The Morgan fingerprint density at radius 3 is 2.79 bits per heavy atom. The first-order valence-corrected chi connectivity index (χ1v) is 4.80. The molecule has 1 aromatic heterocycles. The summed E-state index contributed by atoms with van der Waals surface area (Å²) in [6.45, 7) is 1.79. The van der Waals surface area contributed by atoms with Gasteiger partial charge in [0.15, 0.2) is 11.0 Å². The number of aryl methyl sites for hydroxylation is 1. The highest BCUT2D eigenvalue weighted by molar-refractivity contribution is 6.29. The van der Waals surface area contributed by atoms with Gasteiger partial charge in [0.05, 0.1) is 0 Å². The van der Waals surface area contributed by atoms with Gasteiger partial charge in [0.25, 0.3) is 0 Å². The van der Waals surface area contributed by atoms with Gasteiger partial charge in [0, 0.05) is 11.6 Å². The maximum Gasteiger partial charge on any atom is 0.165 e. The molecule has 1 atom stereocenters. The van der Waals surface area contributed by atoms with Gasteiger partial charge in [0.2, 0.25) is 0 Å². The molecule has 0 saturated heterocycles. The fourth-order valence-electron chi connectivity index (χ4n) is 1.92. The van der Waals surface area contributed by atoms with E-state index in [1.165, 1.54) is 0 Å². The highest BCUT2D eigenvalue weighted by Gasteiger charge is 2.27. The molecule has 0 fully saturated rings. The lowest BCUT2D eigenvalue weighted by Gasteiger charge is -2.04. The zero-order valence-electron chi connectivity index (χ0n) is 7.68. The molecule has 1 heterocycles. The van der Waals surface area contributed by atoms with Crippen molar-refractivity contribution in [2.24, 2.45) is 5.92 Å². The second-order valence-electron chi connectivity index (χ2n) is 3.56. The number of nitrogens with zero attached hydrogens (tertiary/aromatic N) is 1. The highest BCUT2D eigenvalue weighted by Crippen LogP contribution is 2.32. The third-order valence-electron chi connectivity index (χ3n) is 2.64. The molecule has 0 N–H and O–H groups in total. The Hall–Kier alpha value is -0.960. The molecule has 2 nitrogen and oxygen atoms in total. The van der Waals surface area contributed by atoms with Crippen LogP contribution in [0.15, 0.2) is 0 Å². The number of carbonyl (C=O) groups excluding carboxylic acids is 1. The Labute approximate surface area is 86.1 Å². The number of rotatable bonds is 1. The van der Waals surface area contributed by atoms with Crippen molar-refractivity contribution in [1.29, 1.82) is 0 Å². The molecule has 0 saturated carbocycles. The summed E-state index contributed by atoms with van der Waals surface area (Å²) in [5.74, 6) is -0.574. The lowest BCUT2D eigenvalue weighted by molar-refractivity contribution is -0.110. The van der Waals surface area contributed by atoms with Crippen molar-refractivity contribution in [3.05, 3.63) is 27.8 Å². The van der Waals surface area contributed by atoms with E-state index >= 15 is 0 Å². The minimum absolute atomic E-state index is 0.0900. The molecule has 0 radical (unpaired) electrons. The summed E-state index contributed by atoms with van der Waals surface area (Å²) in [5, 5.41) is -0.0900. The molecule has 1 aliphatic rings. The second kappa shape index (κ2) is 3.31. The SMILES string of the molecule is Cc1nc(Cl)c(F)c2c1CC(C=O)C2. The first-order valence-electron chi connectivity index (χ1n) is 4.42. The summed E-state index contributed by atoms with van der Waals surface area (Å²) in [5.41, 5.74) is 2.15. The minimum atomic E-state index is -0.461. The van der Waals surface area contributed by atoms with Crippen molar-refractivity contribution in [3.8, 4) is 0 Å². The van der Waals surface area contributed by atoms with Crippen LogP contribution in [0, 0.1) is 18.7 Å². The van der Waals surface area contributed by atoms with Crippen molar-refractivity contribution >= 4 is 17.9 Å². The quantitative estimate of drug-likeness (QED) is 0.528. The number of aromatic nitrogens is 1. The number of hydrogen-bond donors (Lipinski definition) is 0. The predicted molar refractivity (Wildman–Crippen MR) is 50.9 cm³/mol. The molecule has 4 heteroatoms. The van der Waals surface area contributed by atoms with Gasteiger partial charge in [-0.1, -0.05) is 11.6 Å². The maximum atomic E-state index is 13.5. The first-order chi connectivity index (χ1) is 6.63. The van der Waals surface area contributed by atoms with E-state index in [-0.39, 0.29) is 11.1 Å². The number of fused-ring (bicyclic) bond motifs is 1. The molecule has 1 unspecified atom stereocenters. The summed E-state index contributed by atoms with van der Waals surface area (Å²) in [4.78, 5) is 14.5. The van der Waals surface area contributed by atoms with Crippen LogP contribution in [0.2, 0.25) is 5.15 Å². The molecule has 2 rings (SSSR count). The van der Waals surface area contributed by atoms with Crippen LogP contribution in [0.3, 0.4) is 0 Å². The smallest absolute Gasteiger partial charge is 0.165 e. The van der Waals surface area contributed by atoms with Gasteiger partial charge in [-0.25, -0.2) is 9.37 Å². The van der Waals surface area contributed by atoms with Crippen LogP contribution < -0.4 is 0 Å². The van der Waals surface area contributed by atoms with E-state index in [9.17, 15) is 9.18 Å². The number of pyridine rings is 1. The van der Waals surface area contributed by atoms with Gasteiger partial charge in [-0.2, -0.15) is 0 Å². The van der Waals surface area contributed by atoms with E-state index in [0.717, 1.165) is 17.5 Å². The van der Waals surface area contributed by atoms with Crippen LogP contribution >= 0.6 is 11.6 Å². The third kappa shape index (κ3) is 1.32. The van der Waals surface area contributed by atoms with Crippen LogP contribution in [0.1, 0.15) is 16.8 Å². The van der Waals surface area contributed by atoms with Gasteiger partial charge in [-0.05, 0) is 30.9 Å². The van der Waals surface area contributed by atoms with E-state index in [1.54, 1.807) is 6.92 Å². The standard InChI is InChI=1S/C10H9ClFNO/c1-5-7-2-6(4-14)3-8(7)9(12)10(11)13-5/h4,6H,2-3H2,1H3. The summed E-state index contributed by atoms with van der Waals surface area (Å²) < 4.78 is 13.5. The van der Waals surface area contributed by atoms with E-state index in [1.807, 2.05) is 0 Å². The Kier molecular flexibility index (Phi) is 2.27. The molecular weight excluding hydrogens is 205 g/mol. The zero-order chi connectivity index (χ0) is 10.3. The van der Waals surface area contributed by atoms with Crippen molar-refractivity contribution in [1.82, 2.24) is 4.98 Å². The molecule has 0 spiro atoms. The van der Waals surface area contributed by atoms with E-state index < -0.39 is 5.82 Å². The van der Waals surface area contributed by atoms with Crippen molar-refractivity contribution in [3.63, 3.8) is 0 Å². The minimum Gasteiger partial charge on any atom is -0.303 e. The molecular formula is C10H9ClFNO. The molecule has 0 aliphatic heterocycles. The average molecular weight is 214 g/mol.